The highest BCUT2D eigenvalue weighted by atomic mass is 16.2. The minimum Gasteiger partial charge on any atom is -0.399 e. The summed E-state index contributed by atoms with van der Waals surface area (Å²) < 4.78 is 0. The molecule has 3 N–H and O–H groups in total. The highest BCUT2D eigenvalue weighted by Gasteiger charge is 2.47. The first-order chi connectivity index (χ1) is 9.59. The minimum absolute atomic E-state index is 0.0309. The van der Waals surface area contributed by atoms with Gasteiger partial charge in [0.05, 0.1) is 5.54 Å². The van der Waals surface area contributed by atoms with Gasteiger partial charge >= 0.3 is 0 Å². The largest absolute Gasteiger partial charge is 0.399 e. The molecule has 1 aromatic rings. The third kappa shape index (κ3) is 2.30. The number of amides is 1. The van der Waals surface area contributed by atoms with Crippen molar-refractivity contribution in [3.8, 4) is 0 Å². The number of carbonyl (C=O) groups is 2. The van der Waals surface area contributed by atoms with E-state index in [1.807, 2.05) is 24.3 Å². The van der Waals surface area contributed by atoms with Crippen LogP contribution in [0.2, 0.25) is 0 Å². The summed E-state index contributed by atoms with van der Waals surface area (Å²) in [5.41, 5.74) is 6.88. The molecule has 0 radical (unpaired) electrons. The quantitative estimate of drug-likeness (QED) is 0.807. The van der Waals surface area contributed by atoms with E-state index in [0.29, 0.717) is 18.5 Å². The lowest BCUT2D eigenvalue weighted by molar-refractivity contribution is -0.141. The van der Waals surface area contributed by atoms with Crippen molar-refractivity contribution in [2.75, 3.05) is 5.73 Å². The van der Waals surface area contributed by atoms with Crippen molar-refractivity contribution < 1.29 is 9.59 Å². The van der Waals surface area contributed by atoms with Gasteiger partial charge in [-0.3, -0.25) is 9.59 Å². The predicted molar refractivity (Wildman–Crippen MR) is 77.0 cm³/mol. The zero-order valence-electron chi connectivity index (χ0n) is 11.5. The number of carbonyl (C=O) groups excluding carboxylic acids is 2. The maximum Gasteiger partial charge on any atom is 0.224 e. The van der Waals surface area contributed by atoms with Crippen molar-refractivity contribution in [2.45, 2.75) is 44.1 Å². The van der Waals surface area contributed by atoms with Crippen molar-refractivity contribution in [1.82, 2.24) is 5.32 Å². The summed E-state index contributed by atoms with van der Waals surface area (Å²) in [6.45, 7) is 0. The number of nitrogens with two attached hydrogens (primary N) is 1. The minimum atomic E-state index is -0.533. The van der Waals surface area contributed by atoms with E-state index in [0.717, 1.165) is 31.2 Å². The van der Waals surface area contributed by atoms with Crippen LogP contribution in [-0.2, 0) is 16.0 Å². The summed E-state index contributed by atoms with van der Waals surface area (Å²) in [5, 5.41) is 3.01. The average Bonchev–Trinajstić information content (AvgIpc) is 2.88. The Labute approximate surface area is 118 Å². The van der Waals surface area contributed by atoms with Gasteiger partial charge in [0.15, 0.2) is 5.78 Å². The second kappa shape index (κ2) is 4.93. The predicted octanol–water partition coefficient (Wildman–Crippen LogP) is 1.83. The van der Waals surface area contributed by atoms with Crippen LogP contribution in [0.15, 0.2) is 24.3 Å². The monoisotopic (exact) mass is 272 g/mol. The number of piperidine rings is 1. The number of hydrogen-bond donors (Lipinski definition) is 2. The molecule has 1 atom stereocenters. The van der Waals surface area contributed by atoms with Gasteiger partial charge in [-0.1, -0.05) is 25.0 Å². The van der Waals surface area contributed by atoms with E-state index in [1.54, 1.807) is 0 Å². The maximum atomic E-state index is 12.4. The molecule has 0 aromatic heterocycles. The Morgan fingerprint density at radius 1 is 1.15 bits per heavy atom. The molecule has 2 aliphatic rings. The number of hydrogen-bond acceptors (Lipinski definition) is 3. The van der Waals surface area contributed by atoms with Crippen molar-refractivity contribution >= 4 is 17.4 Å². The molecule has 4 nitrogen and oxygen atoms in total. The maximum absolute atomic E-state index is 12.4. The van der Waals surface area contributed by atoms with Gasteiger partial charge in [0.25, 0.3) is 0 Å². The fourth-order valence-electron chi connectivity index (χ4n) is 3.40. The van der Waals surface area contributed by atoms with E-state index >= 15 is 0 Å². The SMILES string of the molecule is Nc1ccc(CC2CC(=O)C3(CCCC3)NC2=O)cc1. The van der Waals surface area contributed by atoms with Gasteiger partial charge in [-0.2, -0.15) is 0 Å². The molecule has 2 fully saturated rings. The molecule has 1 unspecified atom stereocenters. The molecule has 1 saturated carbocycles. The number of Topliss-reactive ketones (excluding diaryl/α,β-unsaturated/α-hetero) is 1. The highest BCUT2D eigenvalue weighted by Crippen LogP contribution is 2.36. The van der Waals surface area contributed by atoms with Crippen molar-refractivity contribution in [2.24, 2.45) is 5.92 Å². The fraction of sp³-hybridized carbons (Fsp3) is 0.500. The molecule has 4 heteroatoms. The van der Waals surface area contributed by atoms with Gasteiger partial charge in [-0.05, 0) is 37.0 Å². The third-order valence-corrected chi connectivity index (χ3v) is 4.62. The zero-order valence-corrected chi connectivity index (χ0v) is 11.5. The number of anilines is 1. The fourth-order valence-corrected chi connectivity index (χ4v) is 3.40. The van der Waals surface area contributed by atoms with Gasteiger partial charge < -0.3 is 11.1 Å². The van der Waals surface area contributed by atoms with Crippen LogP contribution in [0.25, 0.3) is 0 Å². The van der Waals surface area contributed by atoms with Gasteiger partial charge in [-0.25, -0.2) is 0 Å². The van der Waals surface area contributed by atoms with Crippen molar-refractivity contribution in [1.29, 1.82) is 0 Å². The van der Waals surface area contributed by atoms with E-state index in [2.05, 4.69) is 5.32 Å². The molecule has 0 bridgehead atoms. The van der Waals surface area contributed by atoms with Crippen LogP contribution in [0, 0.1) is 5.92 Å². The number of ketones is 1. The molecule has 1 amide bonds. The average molecular weight is 272 g/mol. The Balaban J connectivity index is 1.71. The van der Waals surface area contributed by atoms with Crippen LogP contribution in [0.5, 0.6) is 0 Å². The molecule has 1 aliphatic heterocycles. The molecular formula is C16H20N2O2. The molecule has 1 saturated heterocycles. The van der Waals surface area contributed by atoms with Crippen molar-refractivity contribution in [3.05, 3.63) is 29.8 Å². The first kappa shape index (κ1) is 13.2. The summed E-state index contributed by atoms with van der Waals surface area (Å²) in [6, 6.07) is 7.51. The van der Waals surface area contributed by atoms with Crippen molar-refractivity contribution in [3.63, 3.8) is 0 Å². The van der Waals surface area contributed by atoms with E-state index in [9.17, 15) is 9.59 Å². The second-order valence-corrected chi connectivity index (χ2v) is 6.05. The topological polar surface area (TPSA) is 72.2 Å². The van der Waals surface area contributed by atoms with E-state index < -0.39 is 5.54 Å². The lowest BCUT2D eigenvalue weighted by Crippen LogP contribution is -2.59. The number of rotatable bonds is 2. The van der Waals surface area contributed by atoms with Crippen LogP contribution in [0.4, 0.5) is 5.69 Å². The number of benzene rings is 1. The van der Waals surface area contributed by atoms with Gasteiger partial charge in [0, 0.05) is 18.0 Å². The smallest absolute Gasteiger partial charge is 0.224 e. The van der Waals surface area contributed by atoms with Crippen LogP contribution >= 0.6 is 0 Å². The van der Waals surface area contributed by atoms with Crippen LogP contribution in [0.3, 0.4) is 0 Å². The molecule has 3 rings (SSSR count). The summed E-state index contributed by atoms with van der Waals surface area (Å²) in [7, 11) is 0. The molecule has 1 aliphatic carbocycles. The van der Waals surface area contributed by atoms with Gasteiger partial charge in [0.2, 0.25) is 5.91 Å². The first-order valence-corrected chi connectivity index (χ1v) is 7.29. The Kier molecular flexibility index (Phi) is 3.24. The second-order valence-electron chi connectivity index (χ2n) is 6.05. The lowest BCUT2D eigenvalue weighted by atomic mass is 9.79. The van der Waals surface area contributed by atoms with Gasteiger partial charge in [0.1, 0.15) is 0 Å². The van der Waals surface area contributed by atoms with Crippen LogP contribution in [0.1, 0.15) is 37.7 Å². The first-order valence-electron chi connectivity index (χ1n) is 7.29. The third-order valence-electron chi connectivity index (χ3n) is 4.62. The Hall–Kier alpha value is -1.84. The summed E-state index contributed by atoms with van der Waals surface area (Å²) in [6.07, 6.45) is 4.67. The van der Waals surface area contributed by atoms with E-state index in [-0.39, 0.29) is 17.6 Å². The summed E-state index contributed by atoms with van der Waals surface area (Å²) in [5.74, 6) is 0.00993. The molecule has 106 valence electrons. The van der Waals surface area contributed by atoms with E-state index in [1.165, 1.54) is 0 Å². The number of nitrogens with one attached hydrogen (secondary N) is 1. The lowest BCUT2D eigenvalue weighted by Gasteiger charge is -2.36. The number of nitrogen functional groups attached to an aromatic ring is 1. The molecule has 1 heterocycles. The highest BCUT2D eigenvalue weighted by molar-refractivity contribution is 6.00. The standard InChI is InChI=1S/C16H20N2O2/c17-13-5-3-11(4-6-13)9-12-10-14(19)16(18-15(12)20)7-1-2-8-16/h3-6,12H,1-2,7-10,17H2,(H,18,20). The van der Waals surface area contributed by atoms with Crippen LogP contribution < -0.4 is 11.1 Å². The summed E-state index contributed by atoms with van der Waals surface area (Å²) >= 11 is 0. The molecule has 20 heavy (non-hydrogen) atoms. The molecular weight excluding hydrogens is 252 g/mol. The molecule has 1 aromatic carbocycles. The Bertz CT molecular complexity index is 530. The van der Waals surface area contributed by atoms with Gasteiger partial charge in [-0.15, -0.1) is 0 Å². The Morgan fingerprint density at radius 2 is 1.80 bits per heavy atom. The van der Waals surface area contributed by atoms with Crippen LogP contribution in [-0.4, -0.2) is 17.2 Å². The normalized spacial score (nSPS) is 24.9. The summed E-state index contributed by atoms with van der Waals surface area (Å²) in [4.78, 5) is 24.7. The van der Waals surface area contributed by atoms with E-state index in [4.69, 9.17) is 5.73 Å². The Morgan fingerprint density at radius 3 is 2.45 bits per heavy atom. The zero-order chi connectivity index (χ0) is 14.2. The molecule has 1 spiro atoms.